The molecule has 2 N–H and O–H groups in total. The molecule has 0 aliphatic heterocycles. The van der Waals surface area contributed by atoms with Crippen LogP contribution in [-0.4, -0.2) is 17.2 Å². The van der Waals surface area contributed by atoms with Crippen molar-refractivity contribution in [3.8, 4) is 5.75 Å². The lowest BCUT2D eigenvalue weighted by Gasteiger charge is -2.01. The van der Waals surface area contributed by atoms with Crippen LogP contribution in [0.15, 0.2) is 64.2 Å². The van der Waals surface area contributed by atoms with E-state index in [1.165, 1.54) is 0 Å². The van der Waals surface area contributed by atoms with Gasteiger partial charge in [0.1, 0.15) is 5.75 Å². The van der Waals surface area contributed by atoms with Gasteiger partial charge in [-0.2, -0.15) is 5.10 Å². The number of allylic oxidation sites excluding steroid dienone is 1. The maximum Gasteiger partial charge on any atom is 0.240 e. The molecular weight excluding hydrogens is 356 g/mol. The van der Waals surface area contributed by atoms with E-state index in [0.717, 1.165) is 15.6 Å². The third kappa shape index (κ3) is 6.48. The maximum atomic E-state index is 11.7. The highest BCUT2D eigenvalue weighted by molar-refractivity contribution is 9.12. The maximum absolute atomic E-state index is 11.7. The number of nitrogens with zero attached hydrogens (tertiary/aromatic N) is 1. The number of hydrazone groups is 1. The third-order valence-corrected chi connectivity index (χ3v) is 3.49. The third-order valence-electron chi connectivity index (χ3n) is 3.06. The number of carbonyl (C=O) groups is 1. The highest BCUT2D eigenvalue weighted by Gasteiger charge is 2.01. The summed E-state index contributed by atoms with van der Waals surface area (Å²) in [5.41, 5.74) is 4.53. The summed E-state index contributed by atoms with van der Waals surface area (Å²) in [6.45, 7) is 0. The number of halogens is 1. The van der Waals surface area contributed by atoms with E-state index in [4.69, 9.17) is 0 Å². The van der Waals surface area contributed by atoms with Crippen LogP contribution in [0.3, 0.4) is 0 Å². The summed E-state index contributed by atoms with van der Waals surface area (Å²) in [5, 5.41) is 13.1. The predicted octanol–water partition coefficient (Wildman–Crippen LogP) is 3.86. The Balaban J connectivity index is 1.77. The predicted molar refractivity (Wildman–Crippen MR) is 96.4 cm³/mol. The van der Waals surface area contributed by atoms with E-state index in [-0.39, 0.29) is 11.7 Å². The zero-order chi connectivity index (χ0) is 16.5. The van der Waals surface area contributed by atoms with Gasteiger partial charge in [0.25, 0.3) is 0 Å². The zero-order valence-corrected chi connectivity index (χ0v) is 14.0. The fraction of sp³-hybridized carbons (Fsp3) is 0.111. The van der Waals surface area contributed by atoms with Crippen molar-refractivity contribution in [1.82, 2.24) is 5.43 Å². The molecule has 0 unspecified atom stereocenters. The fourth-order valence-electron chi connectivity index (χ4n) is 1.89. The molecule has 1 amide bonds. The Morgan fingerprint density at radius 1 is 1.13 bits per heavy atom. The van der Waals surface area contributed by atoms with Gasteiger partial charge in [0.05, 0.1) is 6.21 Å². The Morgan fingerprint density at radius 2 is 1.83 bits per heavy atom. The number of rotatable bonds is 6. The molecule has 0 atom stereocenters. The van der Waals surface area contributed by atoms with Gasteiger partial charge in [-0.15, -0.1) is 0 Å². The lowest BCUT2D eigenvalue weighted by molar-refractivity contribution is -0.121. The molecule has 2 aromatic rings. The molecule has 0 spiro atoms. The average Bonchev–Trinajstić information content (AvgIpc) is 2.55. The summed E-state index contributed by atoms with van der Waals surface area (Å²) in [4.78, 5) is 11.7. The SMILES string of the molecule is O=C(CCc1ccc(O)cc1)N/N=C\C(Br)=C\c1ccccc1. The first kappa shape index (κ1) is 17.0. The molecule has 0 bridgehead atoms. The van der Waals surface area contributed by atoms with Crippen LogP contribution in [0.25, 0.3) is 6.08 Å². The van der Waals surface area contributed by atoms with Gasteiger partial charge in [-0.25, -0.2) is 5.43 Å². The first-order chi connectivity index (χ1) is 11.1. The van der Waals surface area contributed by atoms with Gasteiger partial charge in [-0.3, -0.25) is 4.79 Å². The normalized spacial score (nSPS) is 11.6. The number of benzene rings is 2. The minimum Gasteiger partial charge on any atom is -0.508 e. The first-order valence-corrected chi connectivity index (χ1v) is 7.95. The molecule has 4 nitrogen and oxygen atoms in total. The molecule has 0 heterocycles. The Bertz CT molecular complexity index is 695. The van der Waals surface area contributed by atoms with Gasteiger partial charge in [-0.05, 0) is 51.7 Å². The van der Waals surface area contributed by atoms with Gasteiger partial charge in [0.2, 0.25) is 5.91 Å². The Kier molecular flexibility index (Phi) is 6.56. The van der Waals surface area contributed by atoms with Crippen LogP contribution in [0.5, 0.6) is 5.75 Å². The highest BCUT2D eigenvalue weighted by atomic mass is 79.9. The van der Waals surface area contributed by atoms with Gasteiger partial charge < -0.3 is 5.11 Å². The number of amides is 1. The summed E-state index contributed by atoms with van der Waals surface area (Å²) in [6.07, 6.45) is 4.39. The van der Waals surface area contributed by atoms with E-state index in [2.05, 4.69) is 26.5 Å². The lowest BCUT2D eigenvalue weighted by Crippen LogP contribution is -2.17. The molecule has 2 aromatic carbocycles. The van der Waals surface area contributed by atoms with E-state index in [0.29, 0.717) is 12.8 Å². The number of hydrogen-bond donors (Lipinski definition) is 2. The van der Waals surface area contributed by atoms with E-state index in [1.807, 2.05) is 36.4 Å². The molecule has 0 aliphatic rings. The van der Waals surface area contributed by atoms with Crippen molar-refractivity contribution in [3.05, 3.63) is 70.2 Å². The number of aryl methyl sites for hydroxylation is 1. The molecule has 118 valence electrons. The van der Waals surface area contributed by atoms with Crippen molar-refractivity contribution in [2.24, 2.45) is 5.10 Å². The van der Waals surface area contributed by atoms with E-state index < -0.39 is 0 Å². The topological polar surface area (TPSA) is 61.7 Å². The highest BCUT2D eigenvalue weighted by Crippen LogP contribution is 2.11. The van der Waals surface area contributed by atoms with Crippen molar-refractivity contribution in [3.63, 3.8) is 0 Å². The molecule has 0 aliphatic carbocycles. The lowest BCUT2D eigenvalue weighted by atomic mass is 10.1. The minimum atomic E-state index is -0.158. The molecule has 0 radical (unpaired) electrons. The van der Waals surface area contributed by atoms with Crippen molar-refractivity contribution >= 4 is 34.1 Å². The minimum absolute atomic E-state index is 0.158. The molecule has 0 fully saturated rings. The van der Waals surface area contributed by atoms with E-state index >= 15 is 0 Å². The Labute approximate surface area is 143 Å². The molecule has 0 aromatic heterocycles. The molecular formula is C18H17BrN2O2. The second-order valence-corrected chi connectivity index (χ2v) is 5.82. The summed E-state index contributed by atoms with van der Waals surface area (Å²) in [7, 11) is 0. The van der Waals surface area contributed by atoms with Crippen LogP contribution in [0.4, 0.5) is 0 Å². The van der Waals surface area contributed by atoms with E-state index in [9.17, 15) is 9.90 Å². The van der Waals surface area contributed by atoms with E-state index in [1.54, 1.807) is 30.5 Å². The number of aromatic hydroxyl groups is 1. The Morgan fingerprint density at radius 3 is 2.52 bits per heavy atom. The summed E-state index contributed by atoms with van der Waals surface area (Å²) >= 11 is 3.38. The summed E-state index contributed by atoms with van der Waals surface area (Å²) in [5.74, 6) is 0.0622. The summed E-state index contributed by atoms with van der Waals surface area (Å²) < 4.78 is 0.766. The number of phenolic OH excluding ortho intramolecular Hbond substituents is 1. The smallest absolute Gasteiger partial charge is 0.240 e. The zero-order valence-electron chi connectivity index (χ0n) is 12.4. The molecule has 0 saturated heterocycles. The number of nitrogens with one attached hydrogen (secondary N) is 1. The van der Waals surface area contributed by atoms with Gasteiger partial charge in [0, 0.05) is 10.9 Å². The van der Waals surface area contributed by atoms with Crippen LogP contribution < -0.4 is 5.43 Å². The second-order valence-electron chi connectivity index (χ2n) is 4.90. The Hall–Kier alpha value is -2.40. The quantitative estimate of drug-likeness (QED) is 0.597. The van der Waals surface area contributed by atoms with Crippen LogP contribution >= 0.6 is 15.9 Å². The average molecular weight is 373 g/mol. The van der Waals surface area contributed by atoms with Crippen LogP contribution in [-0.2, 0) is 11.2 Å². The standard InChI is InChI=1S/C18H17BrN2O2/c19-16(12-15-4-2-1-3-5-15)13-20-21-18(23)11-8-14-6-9-17(22)10-7-14/h1-7,9-10,12-13,22H,8,11H2,(H,21,23)/b16-12-,20-13-. The number of carbonyl (C=O) groups excluding carboxylic acids is 1. The van der Waals surface area contributed by atoms with Crippen LogP contribution in [0, 0.1) is 0 Å². The molecule has 2 rings (SSSR count). The van der Waals surface area contributed by atoms with Crippen molar-refractivity contribution in [1.29, 1.82) is 0 Å². The van der Waals surface area contributed by atoms with Crippen molar-refractivity contribution in [2.45, 2.75) is 12.8 Å². The van der Waals surface area contributed by atoms with Crippen molar-refractivity contribution < 1.29 is 9.90 Å². The second kappa shape index (κ2) is 8.90. The number of hydrogen-bond acceptors (Lipinski definition) is 3. The number of phenols is 1. The molecule has 23 heavy (non-hydrogen) atoms. The first-order valence-electron chi connectivity index (χ1n) is 7.15. The van der Waals surface area contributed by atoms with Gasteiger partial charge >= 0.3 is 0 Å². The molecule has 0 saturated carbocycles. The fourth-order valence-corrected chi connectivity index (χ4v) is 2.25. The van der Waals surface area contributed by atoms with Gasteiger partial charge in [0.15, 0.2) is 0 Å². The largest absolute Gasteiger partial charge is 0.508 e. The van der Waals surface area contributed by atoms with Crippen molar-refractivity contribution in [2.75, 3.05) is 0 Å². The molecule has 5 heteroatoms. The van der Waals surface area contributed by atoms with Gasteiger partial charge in [-0.1, -0.05) is 42.5 Å². The summed E-state index contributed by atoms with van der Waals surface area (Å²) in [6, 6.07) is 16.6. The van der Waals surface area contributed by atoms with Crippen LogP contribution in [0.2, 0.25) is 0 Å². The monoisotopic (exact) mass is 372 g/mol. The van der Waals surface area contributed by atoms with Crippen LogP contribution in [0.1, 0.15) is 17.5 Å².